The maximum atomic E-state index is 11.8. The predicted molar refractivity (Wildman–Crippen MR) is 87.3 cm³/mol. The van der Waals surface area contributed by atoms with Crippen molar-refractivity contribution in [3.8, 4) is 0 Å². The van der Waals surface area contributed by atoms with E-state index in [0.29, 0.717) is 5.92 Å². The van der Waals surface area contributed by atoms with Gasteiger partial charge in [-0.05, 0) is 35.6 Å². The summed E-state index contributed by atoms with van der Waals surface area (Å²) in [5, 5.41) is 3.24. The summed E-state index contributed by atoms with van der Waals surface area (Å²) in [5.74, 6) is 0.0888. The third-order valence-corrected chi connectivity index (χ3v) is 3.67. The van der Waals surface area contributed by atoms with Gasteiger partial charge < -0.3 is 11.1 Å². The highest BCUT2D eigenvalue weighted by atomic mass is 16.1. The summed E-state index contributed by atoms with van der Waals surface area (Å²) < 4.78 is 0. The monoisotopic (exact) mass is 282 g/mol. The van der Waals surface area contributed by atoms with Crippen molar-refractivity contribution in [2.24, 2.45) is 5.73 Å². The number of benzene rings is 2. The first-order chi connectivity index (χ1) is 9.99. The third-order valence-electron chi connectivity index (χ3n) is 3.67. The van der Waals surface area contributed by atoms with Crippen LogP contribution in [-0.4, -0.2) is 5.91 Å². The SMILES string of the molecule is Cc1ccccc1NC(C(N)=O)c1ccc(C(C)C)cc1. The summed E-state index contributed by atoms with van der Waals surface area (Å²) in [6.07, 6.45) is 0. The van der Waals surface area contributed by atoms with Crippen molar-refractivity contribution in [2.75, 3.05) is 5.32 Å². The summed E-state index contributed by atoms with van der Waals surface area (Å²) in [4.78, 5) is 11.8. The molecule has 0 heterocycles. The van der Waals surface area contributed by atoms with E-state index in [9.17, 15) is 4.79 Å². The fraction of sp³-hybridized carbons (Fsp3) is 0.278. The Morgan fingerprint density at radius 3 is 2.10 bits per heavy atom. The lowest BCUT2D eigenvalue weighted by Gasteiger charge is -2.19. The summed E-state index contributed by atoms with van der Waals surface area (Å²) in [6, 6.07) is 15.4. The molecule has 0 bridgehead atoms. The van der Waals surface area contributed by atoms with Gasteiger partial charge in [0.1, 0.15) is 6.04 Å². The second-order valence-electron chi connectivity index (χ2n) is 5.62. The van der Waals surface area contributed by atoms with Crippen LogP contribution in [0, 0.1) is 6.92 Å². The number of hydrogen-bond donors (Lipinski definition) is 2. The summed E-state index contributed by atoms with van der Waals surface area (Å²) >= 11 is 0. The van der Waals surface area contributed by atoms with Gasteiger partial charge in [0.2, 0.25) is 5.91 Å². The van der Waals surface area contributed by atoms with E-state index in [1.165, 1.54) is 5.56 Å². The van der Waals surface area contributed by atoms with Gasteiger partial charge in [0, 0.05) is 5.69 Å². The maximum absolute atomic E-state index is 11.8. The number of anilines is 1. The molecule has 0 aliphatic carbocycles. The summed E-state index contributed by atoms with van der Waals surface area (Å²) in [6.45, 7) is 6.29. The number of amides is 1. The number of para-hydroxylation sites is 1. The van der Waals surface area contributed by atoms with Crippen LogP contribution < -0.4 is 11.1 Å². The van der Waals surface area contributed by atoms with Crippen molar-refractivity contribution in [3.05, 3.63) is 65.2 Å². The van der Waals surface area contributed by atoms with Gasteiger partial charge in [-0.25, -0.2) is 0 Å². The highest BCUT2D eigenvalue weighted by molar-refractivity contribution is 5.84. The van der Waals surface area contributed by atoms with E-state index in [2.05, 4.69) is 31.3 Å². The Labute approximate surface area is 126 Å². The van der Waals surface area contributed by atoms with Crippen LogP contribution in [0.15, 0.2) is 48.5 Å². The van der Waals surface area contributed by atoms with E-state index < -0.39 is 6.04 Å². The molecule has 110 valence electrons. The van der Waals surface area contributed by atoms with Crippen molar-refractivity contribution < 1.29 is 4.79 Å². The van der Waals surface area contributed by atoms with Crippen molar-refractivity contribution in [1.29, 1.82) is 0 Å². The second-order valence-corrected chi connectivity index (χ2v) is 5.62. The first-order valence-corrected chi connectivity index (χ1v) is 7.20. The predicted octanol–water partition coefficient (Wildman–Crippen LogP) is 3.76. The molecule has 2 rings (SSSR count). The average molecular weight is 282 g/mol. The van der Waals surface area contributed by atoms with Crippen LogP contribution in [0.4, 0.5) is 5.69 Å². The van der Waals surface area contributed by atoms with E-state index >= 15 is 0 Å². The molecule has 21 heavy (non-hydrogen) atoms. The molecular weight excluding hydrogens is 260 g/mol. The summed E-state index contributed by atoms with van der Waals surface area (Å²) in [5.41, 5.74) is 9.71. The Hall–Kier alpha value is -2.29. The lowest BCUT2D eigenvalue weighted by Crippen LogP contribution is -2.28. The number of carbonyl (C=O) groups excluding carboxylic acids is 1. The fourth-order valence-corrected chi connectivity index (χ4v) is 2.28. The zero-order chi connectivity index (χ0) is 15.4. The molecule has 0 aliphatic heterocycles. The number of primary amides is 1. The molecule has 1 unspecified atom stereocenters. The first-order valence-electron chi connectivity index (χ1n) is 7.20. The van der Waals surface area contributed by atoms with Crippen LogP contribution in [0.1, 0.15) is 42.5 Å². The number of nitrogens with one attached hydrogen (secondary N) is 1. The molecule has 0 radical (unpaired) electrons. The maximum Gasteiger partial charge on any atom is 0.244 e. The molecule has 0 fully saturated rings. The topological polar surface area (TPSA) is 55.1 Å². The molecule has 0 spiro atoms. The van der Waals surface area contributed by atoms with Gasteiger partial charge in [0.15, 0.2) is 0 Å². The van der Waals surface area contributed by atoms with E-state index in [-0.39, 0.29) is 5.91 Å². The van der Waals surface area contributed by atoms with Crippen LogP contribution in [0.5, 0.6) is 0 Å². The van der Waals surface area contributed by atoms with Crippen molar-refractivity contribution in [1.82, 2.24) is 0 Å². The molecule has 1 amide bonds. The van der Waals surface area contributed by atoms with Crippen LogP contribution in [0.3, 0.4) is 0 Å². The van der Waals surface area contributed by atoms with E-state index in [1.807, 2.05) is 43.3 Å². The van der Waals surface area contributed by atoms with Gasteiger partial charge in [-0.1, -0.05) is 56.3 Å². The van der Waals surface area contributed by atoms with Crippen LogP contribution >= 0.6 is 0 Å². The Morgan fingerprint density at radius 2 is 1.57 bits per heavy atom. The normalized spacial score (nSPS) is 12.2. The Kier molecular flexibility index (Phi) is 4.63. The van der Waals surface area contributed by atoms with Gasteiger partial charge in [-0.15, -0.1) is 0 Å². The molecule has 3 heteroatoms. The van der Waals surface area contributed by atoms with Gasteiger partial charge in [0.25, 0.3) is 0 Å². The van der Waals surface area contributed by atoms with Crippen LogP contribution in [0.2, 0.25) is 0 Å². The van der Waals surface area contributed by atoms with E-state index in [0.717, 1.165) is 16.8 Å². The Bertz CT molecular complexity index is 617. The zero-order valence-corrected chi connectivity index (χ0v) is 12.8. The molecule has 1 atom stereocenters. The molecule has 2 aromatic rings. The molecule has 0 aromatic heterocycles. The molecule has 2 aromatic carbocycles. The smallest absolute Gasteiger partial charge is 0.244 e. The van der Waals surface area contributed by atoms with E-state index in [4.69, 9.17) is 5.73 Å². The Balaban J connectivity index is 2.27. The minimum atomic E-state index is -0.521. The second kappa shape index (κ2) is 6.44. The number of hydrogen-bond acceptors (Lipinski definition) is 2. The number of rotatable bonds is 5. The third kappa shape index (κ3) is 3.63. The molecular formula is C18H22N2O. The molecule has 0 saturated carbocycles. The minimum absolute atomic E-state index is 0.379. The van der Waals surface area contributed by atoms with Crippen LogP contribution in [0.25, 0.3) is 0 Å². The number of nitrogens with two attached hydrogens (primary N) is 1. The van der Waals surface area contributed by atoms with Gasteiger partial charge in [-0.2, -0.15) is 0 Å². The van der Waals surface area contributed by atoms with Crippen molar-refractivity contribution >= 4 is 11.6 Å². The summed E-state index contributed by atoms with van der Waals surface area (Å²) in [7, 11) is 0. The van der Waals surface area contributed by atoms with Crippen molar-refractivity contribution in [2.45, 2.75) is 32.7 Å². The van der Waals surface area contributed by atoms with Gasteiger partial charge >= 0.3 is 0 Å². The first kappa shape index (κ1) is 15.1. The highest BCUT2D eigenvalue weighted by Gasteiger charge is 2.18. The molecule has 3 nitrogen and oxygen atoms in total. The lowest BCUT2D eigenvalue weighted by atomic mass is 9.98. The van der Waals surface area contributed by atoms with Crippen molar-refractivity contribution in [3.63, 3.8) is 0 Å². The minimum Gasteiger partial charge on any atom is -0.370 e. The molecule has 3 N–H and O–H groups in total. The van der Waals surface area contributed by atoms with Gasteiger partial charge in [-0.3, -0.25) is 4.79 Å². The standard InChI is InChI=1S/C18H22N2O/c1-12(2)14-8-10-15(11-9-14)17(18(19)21)20-16-7-5-4-6-13(16)3/h4-12,17,20H,1-3H3,(H2,19,21). The fourth-order valence-electron chi connectivity index (χ4n) is 2.28. The Morgan fingerprint density at radius 1 is 1.00 bits per heavy atom. The highest BCUT2D eigenvalue weighted by Crippen LogP contribution is 2.24. The average Bonchev–Trinajstić information content (AvgIpc) is 2.46. The van der Waals surface area contributed by atoms with Crippen LogP contribution in [-0.2, 0) is 4.79 Å². The number of carbonyl (C=O) groups is 1. The van der Waals surface area contributed by atoms with E-state index in [1.54, 1.807) is 0 Å². The largest absolute Gasteiger partial charge is 0.370 e. The number of aryl methyl sites for hydroxylation is 1. The van der Waals surface area contributed by atoms with Gasteiger partial charge in [0.05, 0.1) is 0 Å². The molecule has 0 saturated heterocycles. The molecule has 0 aliphatic rings. The zero-order valence-electron chi connectivity index (χ0n) is 12.8. The quantitative estimate of drug-likeness (QED) is 0.877. The lowest BCUT2D eigenvalue weighted by molar-refractivity contribution is -0.118.